The van der Waals surface area contributed by atoms with Crippen molar-refractivity contribution in [3.8, 4) is 0 Å². The lowest BCUT2D eigenvalue weighted by molar-refractivity contribution is -0.136. The number of nitrogens with zero attached hydrogens (tertiary/aromatic N) is 2. The summed E-state index contributed by atoms with van der Waals surface area (Å²) in [4.78, 5) is 14.5. The molecule has 1 aliphatic rings. The van der Waals surface area contributed by atoms with E-state index >= 15 is 0 Å². The van der Waals surface area contributed by atoms with Crippen LogP contribution in [0.25, 0.3) is 0 Å². The van der Waals surface area contributed by atoms with Gasteiger partial charge in [-0.3, -0.25) is 4.79 Å². The van der Waals surface area contributed by atoms with E-state index in [0.29, 0.717) is 5.82 Å². The van der Waals surface area contributed by atoms with E-state index in [1.165, 1.54) is 0 Å². The number of carboxylic acids is 1. The van der Waals surface area contributed by atoms with Crippen LogP contribution in [0.1, 0.15) is 17.0 Å². The van der Waals surface area contributed by atoms with Gasteiger partial charge in [-0.1, -0.05) is 5.16 Å². The summed E-state index contributed by atoms with van der Waals surface area (Å²) in [6, 6.07) is 0. The molecule has 1 aliphatic heterocycles. The summed E-state index contributed by atoms with van der Waals surface area (Å²) in [6.07, 6.45) is -0.197. The zero-order valence-corrected chi connectivity index (χ0v) is 9.51. The maximum Gasteiger partial charge on any atom is 0.312 e. The van der Waals surface area contributed by atoms with Crippen molar-refractivity contribution < 1.29 is 14.4 Å². The van der Waals surface area contributed by atoms with E-state index in [0.717, 1.165) is 17.3 Å². The van der Waals surface area contributed by atoms with Crippen LogP contribution in [0.5, 0.6) is 0 Å². The summed E-state index contributed by atoms with van der Waals surface area (Å²) in [5.41, 5.74) is 0. The molecule has 1 atom stereocenters. The molecule has 1 unspecified atom stereocenters. The topological polar surface area (TPSA) is 76.2 Å². The number of aromatic nitrogens is 2. The first-order valence-electron chi connectivity index (χ1n) is 4.49. The van der Waals surface area contributed by atoms with Crippen LogP contribution in [0.15, 0.2) is 4.52 Å². The van der Waals surface area contributed by atoms with E-state index in [1.54, 1.807) is 11.8 Å². The van der Waals surface area contributed by atoms with E-state index < -0.39 is 5.97 Å². The molecule has 1 aromatic heterocycles. The van der Waals surface area contributed by atoms with Gasteiger partial charge in [0.1, 0.15) is 6.42 Å². The van der Waals surface area contributed by atoms with E-state index in [-0.39, 0.29) is 17.6 Å². The second-order valence-electron chi connectivity index (χ2n) is 3.05. The van der Waals surface area contributed by atoms with Crippen molar-refractivity contribution >= 4 is 29.5 Å². The van der Waals surface area contributed by atoms with Gasteiger partial charge < -0.3 is 9.63 Å². The summed E-state index contributed by atoms with van der Waals surface area (Å²) in [6.45, 7) is 0. The molecule has 7 heteroatoms. The quantitative estimate of drug-likeness (QED) is 0.859. The Balaban J connectivity index is 2.02. The standard InChI is InChI=1S/C8H10N2O3S2/c11-7(12)3-6-9-8(10-13-6)5-4-14-1-2-15-5/h5H,1-4H2,(H,11,12). The number of rotatable bonds is 3. The molecule has 1 fully saturated rings. The summed E-state index contributed by atoms with van der Waals surface area (Å²) in [7, 11) is 0. The van der Waals surface area contributed by atoms with Crippen molar-refractivity contribution in [1.29, 1.82) is 0 Å². The van der Waals surface area contributed by atoms with Crippen molar-refractivity contribution in [3.63, 3.8) is 0 Å². The number of carboxylic acid groups (broad SMARTS) is 1. The minimum atomic E-state index is -0.948. The Labute approximate surface area is 95.0 Å². The Morgan fingerprint density at radius 1 is 1.60 bits per heavy atom. The van der Waals surface area contributed by atoms with Gasteiger partial charge in [-0.2, -0.15) is 16.7 Å². The second-order valence-corrected chi connectivity index (χ2v) is 5.51. The van der Waals surface area contributed by atoms with Crippen LogP contribution in [0.4, 0.5) is 0 Å². The van der Waals surface area contributed by atoms with Gasteiger partial charge in [-0.25, -0.2) is 0 Å². The van der Waals surface area contributed by atoms with Crippen LogP contribution in [0, 0.1) is 0 Å². The van der Waals surface area contributed by atoms with Crippen molar-refractivity contribution in [2.24, 2.45) is 0 Å². The van der Waals surface area contributed by atoms with E-state index in [9.17, 15) is 4.79 Å². The maximum absolute atomic E-state index is 10.4. The Bertz CT molecular complexity index is 349. The van der Waals surface area contributed by atoms with Crippen LogP contribution in [-0.4, -0.2) is 38.5 Å². The molecule has 1 saturated heterocycles. The highest BCUT2D eigenvalue weighted by molar-refractivity contribution is 8.06. The Kier molecular flexibility index (Phi) is 3.53. The molecule has 0 aromatic carbocycles. The smallest absolute Gasteiger partial charge is 0.312 e. The van der Waals surface area contributed by atoms with Gasteiger partial charge in [0.15, 0.2) is 5.82 Å². The number of aliphatic carboxylic acids is 1. The molecule has 2 rings (SSSR count). The molecule has 0 aliphatic carbocycles. The Hall–Kier alpha value is -0.690. The average molecular weight is 246 g/mol. The number of carbonyl (C=O) groups is 1. The highest BCUT2D eigenvalue weighted by Crippen LogP contribution is 2.35. The predicted molar refractivity (Wildman–Crippen MR) is 58.2 cm³/mol. The average Bonchev–Trinajstić information content (AvgIpc) is 2.67. The molecule has 0 spiro atoms. The van der Waals surface area contributed by atoms with E-state index in [2.05, 4.69) is 10.1 Å². The zero-order valence-electron chi connectivity index (χ0n) is 7.88. The summed E-state index contributed by atoms with van der Waals surface area (Å²) < 4.78 is 4.86. The Morgan fingerprint density at radius 3 is 3.13 bits per heavy atom. The molecule has 5 nitrogen and oxygen atoms in total. The molecule has 15 heavy (non-hydrogen) atoms. The first kappa shape index (κ1) is 10.8. The van der Waals surface area contributed by atoms with Gasteiger partial charge in [-0.05, 0) is 0 Å². The van der Waals surface area contributed by atoms with Crippen molar-refractivity contribution in [1.82, 2.24) is 10.1 Å². The normalized spacial score (nSPS) is 21.5. The van der Waals surface area contributed by atoms with Gasteiger partial charge in [0.25, 0.3) is 0 Å². The van der Waals surface area contributed by atoms with Crippen molar-refractivity contribution in [3.05, 3.63) is 11.7 Å². The molecule has 0 bridgehead atoms. The Morgan fingerprint density at radius 2 is 2.47 bits per heavy atom. The molecule has 0 amide bonds. The molecule has 0 saturated carbocycles. The molecular weight excluding hydrogens is 236 g/mol. The highest BCUT2D eigenvalue weighted by Gasteiger charge is 2.22. The number of thioether (sulfide) groups is 2. The lowest BCUT2D eigenvalue weighted by Crippen LogP contribution is -2.08. The first-order valence-corrected chi connectivity index (χ1v) is 6.69. The van der Waals surface area contributed by atoms with Gasteiger partial charge in [-0.15, -0.1) is 11.8 Å². The van der Waals surface area contributed by atoms with Crippen LogP contribution in [-0.2, 0) is 11.2 Å². The fourth-order valence-electron chi connectivity index (χ4n) is 1.24. The highest BCUT2D eigenvalue weighted by atomic mass is 32.2. The van der Waals surface area contributed by atoms with Gasteiger partial charge in [0.2, 0.25) is 5.89 Å². The molecular formula is C8H10N2O3S2. The first-order chi connectivity index (χ1) is 7.25. The molecule has 2 heterocycles. The lowest BCUT2D eigenvalue weighted by Gasteiger charge is -2.16. The van der Waals surface area contributed by atoms with Crippen LogP contribution < -0.4 is 0 Å². The van der Waals surface area contributed by atoms with Gasteiger partial charge in [0, 0.05) is 17.3 Å². The van der Waals surface area contributed by atoms with Crippen LogP contribution in [0.3, 0.4) is 0 Å². The molecule has 0 radical (unpaired) electrons. The fourth-order valence-corrected chi connectivity index (χ4v) is 3.83. The van der Waals surface area contributed by atoms with Gasteiger partial charge >= 0.3 is 5.97 Å². The van der Waals surface area contributed by atoms with E-state index in [1.807, 2.05) is 11.8 Å². The number of hydrogen-bond donors (Lipinski definition) is 1. The second kappa shape index (κ2) is 4.89. The lowest BCUT2D eigenvalue weighted by atomic mass is 10.4. The third-order valence-electron chi connectivity index (χ3n) is 1.89. The third-order valence-corrected chi connectivity index (χ3v) is 4.64. The van der Waals surface area contributed by atoms with Crippen molar-refractivity contribution in [2.45, 2.75) is 11.7 Å². The summed E-state index contributed by atoms with van der Waals surface area (Å²) >= 11 is 3.66. The summed E-state index contributed by atoms with van der Waals surface area (Å²) in [5.74, 6) is 3.07. The molecule has 82 valence electrons. The van der Waals surface area contributed by atoms with Crippen LogP contribution in [0.2, 0.25) is 0 Å². The minimum Gasteiger partial charge on any atom is -0.481 e. The monoisotopic (exact) mass is 246 g/mol. The summed E-state index contributed by atoms with van der Waals surface area (Å²) in [5, 5.41) is 12.6. The maximum atomic E-state index is 10.4. The number of hydrogen-bond acceptors (Lipinski definition) is 6. The molecule has 1 N–H and O–H groups in total. The van der Waals surface area contributed by atoms with Crippen molar-refractivity contribution in [2.75, 3.05) is 17.3 Å². The molecule has 1 aromatic rings. The largest absolute Gasteiger partial charge is 0.481 e. The fraction of sp³-hybridized carbons (Fsp3) is 0.625. The third kappa shape index (κ3) is 2.88. The van der Waals surface area contributed by atoms with Gasteiger partial charge in [0.05, 0.1) is 5.25 Å². The minimum absolute atomic E-state index is 0.189. The van der Waals surface area contributed by atoms with E-state index in [4.69, 9.17) is 9.63 Å². The SMILES string of the molecule is O=C(O)Cc1nc(C2CSCCS2)no1. The predicted octanol–water partition coefficient (Wildman–Crippen LogP) is 1.22. The zero-order chi connectivity index (χ0) is 10.7. The van der Waals surface area contributed by atoms with Crippen LogP contribution >= 0.6 is 23.5 Å².